The number of ether oxygens (including phenoxy) is 1. The molecule has 0 bridgehead atoms. The maximum Gasteiger partial charge on any atom is 0.407 e. The van der Waals surface area contributed by atoms with Gasteiger partial charge in [0.2, 0.25) is 0 Å². The van der Waals surface area contributed by atoms with Crippen LogP contribution in [0.25, 0.3) is 11.3 Å². The summed E-state index contributed by atoms with van der Waals surface area (Å²) >= 11 is 0. The molecule has 2 aliphatic rings. The largest absolute Gasteiger partial charge is 0.465 e. The Balaban J connectivity index is 1.50. The molecule has 202 valence electrons. The Hall–Kier alpha value is -3.37. The van der Waals surface area contributed by atoms with Crippen LogP contribution in [0.2, 0.25) is 0 Å². The summed E-state index contributed by atoms with van der Waals surface area (Å²) in [5, 5.41) is 12.8. The second kappa shape index (κ2) is 11.6. The summed E-state index contributed by atoms with van der Waals surface area (Å²) in [6, 6.07) is 12.7. The Bertz CT molecular complexity index is 1250. The number of aromatic nitrogens is 2. The number of rotatable bonds is 8. The molecule has 2 saturated heterocycles. The average Bonchev–Trinajstić information content (AvgIpc) is 3.50. The molecular weight excluding hydrogens is 497 g/mol. The van der Waals surface area contributed by atoms with E-state index < -0.39 is 29.8 Å². The number of nitrogens with one attached hydrogen (secondary N) is 1. The fraction of sp³-hybridized carbons (Fsp3) is 0.429. The summed E-state index contributed by atoms with van der Waals surface area (Å²) in [4.78, 5) is 17.3. The van der Waals surface area contributed by atoms with Crippen molar-refractivity contribution in [2.45, 2.75) is 31.6 Å². The van der Waals surface area contributed by atoms with Crippen LogP contribution in [0, 0.1) is 23.5 Å². The Labute approximate surface area is 219 Å². The van der Waals surface area contributed by atoms with E-state index in [9.17, 15) is 23.1 Å². The van der Waals surface area contributed by atoms with Crippen molar-refractivity contribution in [3.8, 4) is 11.3 Å². The third-order valence-electron chi connectivity index (χ3n) is 7.45. The van der Waals surface area contributed by atoms with Crippen molar-refractivity contribution in [3.05, 3.63) is 77.8 Å². The first-order chi connectivity index (χ1) is 18.4. The Morgan fingerprint density at radius 2 is 1.89 bits per heavy atom. The molecule has 2 N–H and O–H groups in total. The van der Waals surface area contributed by atoms with Crippen LogP contribution in [-0.2, 0) is 11.3 Å². The minimum absolute atomic E-state index is 0.0699. The van der Waals surface area contributed by atoms with Gasteiger partial charge in [-0.25, -0.2) is 22.9 Å². The van der Waals surface area contributed by atoms with Gasteiger partial charge in [-0.2, -0.15) is 0 Å². The van der Waals surface area contributed by atoms with E-state index in [0.29, 0.717) is 31.3 Å². The fourth-order valence-corrected chi connectivity index (χ4v) is 5.39. The van der Waals surface area contributed by atoms with E-state index in [2.05, 4.69) is 5.32 Å². The molecule has 2 aliphatic heterocycles. The maximum absolute atomic E-state index is 14.7. The predicted molar refractivity (Wildman–Crippen MR) is 135 cm³/mol. The van der Waals surface area contributed by atoms with E-state index >= 15 is 0 Å². The Morgan fingerprint density at radius 1 is 1.13 bits per heavy atom. The van der Waals surface area contributed by atoms with E-state index in [1.54, 1.807) is 6.20 Å². The molecule has 3 heterocycles. The number of halogens is 3. The zero-order chi connectivity index (χ0) is 26.6. The van der Waals surface area contributed by atoms with Crippen LogP contribution in [0.3, 0.4) is 0 Å². The fourth-order valence-electron chi connectivity index (χ4n) is 5.39. The van der Waals surface area contributed by atoms with Gasteiger partial charge in [0.25, 0.3) is 0 Å². The van der Waals surface area contributed by atoms with Crippen LogP contribution in [0.15, 0.2) is 54.7 Å². The molecule has 0 radical (unpaired) electrons. The smallest absolute Gasteiger partial charge is 0.407 e. The van der Waals surface area contributed by atoms with Crippen LogP contribution < -0.4 is 5.32 Å². The highest BCUT2D eigenvalue weighted by Crippen LogP contribution is 2.33. The van der Waals surface area contributed by atoms with E-state index in [1.165, 1.54) is 0 Å². The van der Waals surface area contributed by atoms with Crippen LogP contribution in [0.5, 0.6) is 0 Å². The summed E-state index contributed by atoms with van der Waals surface area (Å²) in [6.45, 7) is 1.85. The summed E-state index contributed by atoms with van der Waals surface area (Å²) < 4.78 is 51.0. The second-order valence-corrected chi connectivity index (χ2v) is 10.0. The van der Waals surface area contributed by atoms with E-state index in [1.807, 2.05) is 34.9 Å². The molecule has 3 atom stereocenters. The van der Waals surface area contributed by atoms with Crippen molar-refractivity contribution in [1.82, 2.24) is 19.8 Å². The first-order valence-corrected chi connectivity index (χ1v) is 12.9. The number of imidazole rings is 1. The van der Waals surface area contributed by atoms with E-state index in [0.717, 1.165) is 41.5 Å². The van der Waals surface area contributed by atoms with Crippen molar-refractivity contribution in [3.63, 3.8) is 0 Å². The van der Waals surface area contributed by atoms with E-state index in [-0.39, 0.29) is 37.2 Å². The minimum atomic E-state index is -1.27. The lowest BCUT2D eigenvalue weighted by Gasteiger charge is -2.32. The monoisotopic (exact) mass is 528 g/mol. The van der Waals surface area contributed by atoms with Crippen molar-refractivity contribution in [2.75, 3.05) is 32.8 Å². The number of alkyl halides is 1. The van der Waals surface area contributed by atoms with Gasteiger partial charge in [0.1, 0.15) is 23.6 Å². The normalized spacial score (nSPS) is 21.1. The van der Waals surface area contributed by atoms with Gasteiger partial charge in [0, 0.05) is 50.5 Å². The van der Waals surface area contributed by atoms with Crippen molar-refractivity contribution >= 4 is 6.09 Å². The molecule has 3 aromatic rings. The summed E-state index contributed by atoms with van der Waals surface area (Å²) in [7, 11) is 0. The lowest BCUT2D eigenvalue weighted by molar-refractivity contribution is 0.0510. The molecule has 38 heavy (non-hydrogen) atoms. The predicted octanol–water partition coefficient (Wildman–Crippen LogP) is 4.88. The standard InChI is InChI=1S/C28H31F3N4O3/c29-21-6-7-23(30)22(12-21)25-17-34(14-18-4-2-1-3-5-18)27(33-25)26(19-8-10-38-11-9-19)32-13-20-15-35(28(36)37)16-24(20)31/h1-7,12,17,19-20,24,26,32H,8-11,13-16H2,(H,36,37)/t20?,24?,26-/m1/s1. The third kappa shape index (κ3) is 5.86. The van der Waals surface area contributed by atoms with E-state index in [4.69, 9.17) is 9.72 Å². The van der Waals surface area contributed by atoms with Crippen LogP contribution >= 0.6 is 0 Å². The number of benzene rings is 2. The molecule has 2 fully saturated rings. The number of carboxylic acid groups (broad SMARTS) is 1. The van der Waals surface area contributed by atoms with Crippen LogP contribution in [0.1, 0.15) is 30.3 Å². The highest BCUT2D eigenvalue weighted by Gasteiger charge is 2.37. The van der Waals surface area contributed by atoms with Gasteiger partial charge in [0.05, 0.1) is 18.3 Å². The zero-order valence-corrected chi connectivity index (χ0v) is 20.9. The van der Waals surface area contributed by atoms with Crippen LogP contribution in [0.4, 0.5) is 18.0 Å². The molecule has 10 heteroatoms. The first kappa shape index (κ1) is 26.2. The molecule has 0 spiro atoms. The minimum Gasteiger partial charge on any atom is -0.465 e. The SMILES string of the molecule is O=C(O)N1CC(F)C(CN[C@@H](c2nc(-c3cc(F)ccc3F)cn2Cc2ccccc2)C2CCOCC2)C1. The maximum atomic E-state index is 14.7. The molecule has 2 aromatic carbocycles. The molecule has 1 aromatic heterocycles. The number of amides is 1. The molecule has 1 amide bonds. The van der Waals surface area contributed by atoms with Gasteiger partial charge in [-0.3, -0.25) is 0 Å². The summed E-state index contributed by atoms with van der Waals surface area (Å²) in [6.07, 6.45) is 0.842. The lowest BCUT2D eigenvalue weighted by atomic mass is 9.90. The third-order valence-corrected chi connectivity index (χ3v) is 7.45. The number of carbonyl (C=O) groups is 1. The molecular formula is C28H31F3N4O3. The van der Waals surface area contributed by atoms with Crippen LogP contribution in [-0.4, -0.2) is 64.7 Å². The molecule has 5 rings (SSSR count). The van der Waals surface area contributed by atoms with Gasteiger partial charge in [-0.15, -0.1) is 0 Å². The molecule has 2 unspecified atom stereocenters. The molecule has 0 aliphatic carbocycles. The van der Waals surface area contributed by atoms with Crippen molar-refractivity contribution in [1.29, 1.82) is 0 Å². The Kier molecular flexibility index (Phi) is 7.99. The second-order valence-electron chi connectivity index (χ2n) is 10.0. The lowest BCUT2D eigenvalue weighted by Crippen LogP contribution is -2.38. The quantitative estimate of drug-likeness (QED) is 0.436. The first-order valence-electron chi connectivity index (χ1n) is 12.9. The molecule has 7 nitrogen and oxygen atoms in total. The van der Waals surface area contributed by atoms with Gasteiger partial charge >= 0.3 is 6.09 Å². The average molecular weight is 529 g/mol. The summed E-state index contributed by atoms with van der Waals surface area (Å²) in [5.74, 6) is -0.870. The van der Waals surface area contributed by atoms with Gasteiger partial charge in [0.15, 0.2) is 0 Å². The summed E-state index contributed by atoms with van der Waals surface area (Å²) in [5.41, 5.74) is 1.40. The van der Waals surface area contributed by atoms with Gasteiger partial charge < -0.3 is 24.6 Å². The van der Waals surface area contributed by atoms with Gasteiger partial charge in [-0.05, 0) is 42.5 Å². The zero-order valence-electron chi connectivity index (χ0n) is 20.9. The Morgan fingerprint density at radius 3 is 2.61 bits per heavy atom. The number of nitrogens with zero attached hydrogens (tertiary/aromatic N) is 3. The number of hydrogen-bond donors (Lipinski definition) is 2. The topological polar surface area (TPSA) is 79.6 Å². The van der Waals surface area contributed by atoms with Gasteiger partial charge in [-0.1, -0.05) is 30.3 Å². The molecule has 0 saturated carbocycles. The highest BCUT2D eigenvalue weighted by molar-refractivity contribution is 5.65. The van der Waals surface area contributed by atoms with Crippen molar-refractivity contribution in [2.24, 2.45) is 11.8 Å². The number of likely N-dealkylation sites (tertiary alicyclic amines) is 1. The number of hydrogen-bond acceptors (Lipinski definition) is 4. The highest BCUT2D eigenvalue weighted by atomic mass is 19.1. The van der Waals surface area contributed by atoms with Crippen molar-refractivity contribution < 1.29 is 27.8 Å².